The van der Waals surface area contributed by atoms with Gasteiger partial charge >= 0.3 is 5.97 Å². The SMILES string of the molecule is COc1cc(NC(=O)COC(=O)/C=C/c2c(C)nn([C@@H]3CCS(=O)(=O)C3)c2Cl)cc(OC)c1OC. The molecule has 1 aromatic heterocycles. The van der Waals surface area contributed by atoms with Crippen LogP contribution in [0.2, 0.25) is 5.15 Å². The summed E-state index contributed by atoms with van der Waals surface area (Å²) >= 11 is 6.38. The summed E-state index contributed by atoms with van der Waals surface area (Å²) in [7, 11) is 1.25. The normalized spacial score (nSPS) is 16.8. The summed E-state index contributed by atoms with van der Waals surface area (Å²) < 4.78 is 45.7. The predicted molar refractivity (Wildman–Crippen MR) is 129 cm³/mol. The topological polar surface area (TPSA) is 135 Å². The van der Waals surface area contributed by atoms with E-state index in [0.29, 0.717) is 40.6 Å². The quantitative estimate of drug-likeness (QED) is 0.385. The van der Waals surface area contributed by atoms with Gasteiger partial charge in [-0.25, -0.2) is 17.9 Å². The van der Waals surface area contributed by atoms with E-state index in [1.165, 1.54) is 32.1 Å². The molecule has 35 heavy (non-hydrogen) atoms. The predicted octanol–water partition coefficient (Wildman–Crippen LogP) is 2.43. The number of hydrogen-bond acceptors (Lipinski definition) is 9. The van der Waals surface area contributed by atoms with E-state index in [-0.39, 0.29) is 22.7 Å². The first-order valence-corrected chi connectivity index (χ1v) is 12.7. The van der Waals surface area contributed by atoms with Crippen molar-refractivity contribution in [3.63, 3.8) is 0 Å². The van der Waals surface area contributed by atoms with Gasteiger partial charge in [-0.2, -0.15) is 5.10 Å². The smallest absolute Gasteiger partial charge is 0.331 e. The molecule has 1 aliphatic heterocycles. The first kappa shape index (κ1) is 26.4. The van der Waals surface area contributed by atoms with E-state index in [9.17, 15) is 18.0 Å². The van der Waals surface area contributed by atoms with Crippen LogP contribution in [0.15, 0.2) is 18.2 Å². The van der Waals surface area contributed by atoms with Crippen molar-refractivity contribution < 1.29 is 37.0 Å². The molecular formula is C22H26ClN3O8S. The van der Waals surface area contributed by atoms with Crippen LogP contribution in [0.1, 0.15) is 23.7 Å². The van der Waals surface area contributed by atoms with Crippen molar-refractivity contribution in [2.75, 3.05) is 44.8 Å². The minimum Gasteiger partial charge on any atom is -0.493 e. The van der Waals surface area contributed by atoms with Crippen LogP contribution >= 0.6 is 11.6 Å². The third-order valence-electron chi connectivity index (χ3n) is 5.31. The highest BCUT2D eigenvalue weighted by Crippen LogP contribution is 2.40. The average molecular weight is 528 g/mol. The van der Waals surface area contributed by atoms with E-state index in [1.807, 2.05) is 0 Å². The molecular weight excluding hydrogens is 502 g/mol. The van der Waals surface area contributed by atoms with Crippen molar-refractivity contribution in [2.45, 2.75) is 19.4 Å². The second-order valence-corrected chi connectivity index (χ2v) is 10.3. The molecule has 13 heteroatoms. The van der Waals surface area contributed by atoms with E-state index in [1.54, 1.807) is 19.1 Å². The first-order chi connectivity index (χ1) is 16.6. The van der Waals surface area contributed by atoms with Gasteiger partial charge in [0.15, 0.2) is 27.9 Å². The molecule has 0 bridgehead atoms. The van der Waals surface area contributed by atoms with Gasteiger partial charge in [0.05, 0.1) is 44.6 Å². The van der Waals surface area contributed by atoms with Gasteiger partial charge in [-0.05, 0) is 19.4 Å². The van der Waals surface area contributed by atoms with Gasteiger partial charge in [0.1, 0.15) is 5.15 Å². The maximum atomic E-state index is 12.2. The lowest BCUT2D eigenvalue weighted by molar-refractivity contribution is -0.142. The van der Waals surface area contributed by atoms with E-state index in [0.717, 1.165) is 6.08 Å². The number of aryl methyl sites for hydroxylation is 1. The van der Waals surface area contributed by atoms with Gasteiger partial charge in [-0.3, -0.25) is 4.79 Å². The number of esters is 1. The zero-order valence-electron chi connectivity index (χ0n) is 19.7. The van der Waals surface area contributed by atoms with Crippen molar-refractivity contribution in [3.05, 3.63) is 34.6 Å². The molecule has 1 atom stereocenters. The van der Waals surface area contributed by atoms with E-state index in [2.05, 4.69) is 10.4 Å². The fraction of sp³-hybridized carbons (Fsp3) is 0.409. The van der Waals surface area contributed by atoms with Gasteiger partial charge in [0, 0.05) is 29.5 Å². The molecule has 2 heterocycles. The van der Waals surface area contributed by atoms with Crippen LogP contribution in [-0.2, 0) is 24.2 Å². The standard InChI is InChI=1S/C22H26ClN3O8S/c1-13-16(22(23)26(25-13)15-7-8-35(29,30)12-15)5-6-20(28)34-11-19(27)24-14-9-17(31-2)21(33-4)18(10-14)32-3/h5-6,9-10,15H,7-8,11-12H2,1-4H3,(H,24,27)/b6-5+/t15-/m1/s1. The summed E-state index contributed by atoms with van der Waals surface area (Å²) in [5, 5.41) is 7.14. The third kappa shape index (κ3) is 6.25. The number of rotatable bonds is 9. The Balaban J connectivity index is 1.60. The molecule has 0 radical (unpaired) electrons. The van der Waals surface area contributed by atoms with E-state index < -0.39 is 28.3 Å². The molecule has 11 nitrogen and oxygen atoms in total. The molecule has 1 amide bonds. The largest absolute Gasteiger partial charge is 0.493 e. The van der Waals surface area contributed by atoms with Crippen molar-refractivity contribution in [2.24, 2.45) is 0 Å². The first-order valence-electron chi connectivity index (χ1n) is 10.5. The maximum Gasteiger partial charge on any atom is 0.331 e. The van der Waals surface area contributed by atoms with Crippen LogP contribution in [-0.4, -0.2) is 69.5 Å². The number of nitrogens with one attached hydrogen (secondary N) is 1. The minimum absolute atomic E-state index is 0.0277. The molecule has 0 spiro atoms. The van der Waals surface area contributed by atoms with Crippen molar-refractivity contribution >= 4 is 45.1 Å². The number of carbonyl (C=O) groups is 2. The summed E-state index contributed by atoms with van der Waals surface area (Å²) in [6, 6.07) is 2.73. The number of anilines is 1. The Morgan fingerprint density at radius 3 is 2.40 bits per heavy atom. The van der Waals surface area contributed by atoms with Crippen LogP contribution in [0.25, 0.3) is 6.08 Å². The molecule has 1 fully saturated rings. The van der Waals surface area contributed by atoms with E-state index in [4.69, 9.17) is 30.5 Å². The minimum atomic E-state index is -3.11. The molecule has 1 saturated heterocycles. The van der Waals surface area contributed by atoms with Gasteiger partial charge in [0.2, 0.25) is 5.75 Å². The van der Waals surface area contributed by atoms with Gasteiger partial charge in [-0.1, -0.05) is 11.6 Å². The Kier molecular flexibility index (Phi) is 8.28. The number of benzene rings is 1. The summed E-state index contributed by atoms with van der Waals surface area (Å²) in [6.07, 6.45) is 2.97. The molecule has 0 unspecified atom stereocenters. The maximum absolute atomic E-state index is 12.2. The summed E-state index contributed by atoms with van der Waals surface area (Å²) in [6.45, 7) is 1.16. The molecule has 3 rings (SSSR count). The number of nitrogens with zero attached hydrogens (tertiary/aromatic N) is 2. The highest BCUT2D eigenvalue weighted by Gasteiger charge is 2.31. The van der Waals surface area contributed by atoms with Crippen molar-refractivity contribution in [1.82, 2.24) is 9.78 Å². The van der Waals surface area contributed by atoms with Crippen LogP contribution in [0, 0.1) is 6.92 Å². The highest BCUT2D eigenvalue weighted by molar-refractivity contribution is 7.91. The lowest BCUT2D eigenvalue weighted by atomic mass is 10.2. The Labute approximate surface area is 207 Å². The lowest BCUT2D eigenvalue weighted by Gasteiger charge is -2.14. The zero-order valence-corrected chi connectivity index (χ0v) is 21.2. The van der Waals surface area contributed by atoms with Crippen LogP contribution in [0.4, 0.5) is 5.69 Å². The number of sulfone groups is 1. The molecule has 190 valence electrons. The molecule has 0 saturated carbocycles. The van der Waals surface area contributed by atoms with E-state index >= 15 is 0 Å². The number of halogens is 1. The van der Waals surface area contributed by atoms with Gasteiger partial charge in [-0.15, -0.1) is 0 Å². The van der Waals surface area contributed by atoms with Crippen LogP contribution < -0.4 is 19.5 Å². The number of ether oxygens (including phenoxy) is 4. The Hall–Kier alpha value is -3.25. The summed E-state index contributed by atoms with van der Waals surface area (Å²) in [4.78, 5) is 24.4. The number of aromatic nitrogens is 2. The monoisotopic (exact) mass is 527 g/mol. The van der Waals surface area contributed by atoms with Crippen molar-refractivity contribution in [3.8, 4) is 17.2 Å². The number of carbonyl (C=O) groups excluding carboxylic acids is 2. The number of amides is 1. The third-order valence-corrected chi connectivity index (χ3v) is 7.43. The zero-order chi connectivity index (χ0) is 25.8. The fourth-order valence-electron chi connectivity index (χ4n) is 3.62. The molecule has 0 aliphatic carbocycles. The molecule has 1 aromatic carbocycles. The molecule has 1 aliphatic rings. The Bertz CT molecular complexity index is 1230. The van der Waals surface area contributed by atoms with Gasteiger partial charge in [0.25, 0.3) is 5.91 Å². The number of methoxy groups -OCH3 is 3. The Morgan fingerprint density at radius 1 is 1.20 bits per heavy atom. The summed E-state index contributed by atoms with van der Waals surface area (Å²) in [5.74, 6) is -0.211. The second-order valence-electron chi connectivity index (χ2n) is 7.69. The van der Waals surface area contributed by atoms with Crippen LogP contribution in [0.3, 0.4) is 0 Å². The van der Waals surface area contributed by atoms with Crippen LogP contribution in [0.5, 0.6) is 17.2 Å². The lowest BCUT2D eigenvalue weighted by Crippen LogP contribution is -2.20. The highest BCUT2D eigenvalue weighted by atomic mass is 35.5. The number of hydrogen-bond donors (Lipinski definition) is 1. The van der Waals surface area contributed by atoms with Gasteiger partial charge < -0.3 is 24.3 Å². The average Bonchev–Trinajstić information content (AvgIpc) is 3.32. The molecule has 1 N–H and O–H groups in total. The second kappa shape index (κ2) is 11.0. The fourth-order valence-corrected chi connectivity index (χ4v) is 5.69. The molecule has 2 aromatic rings. The van der Waals surface area contributed by atoms with Crippen molar-refractivity contribution in [1.29, 1.82) is 0 Å². The summed E-state index contributed by atoms with van der Waals surface area (Å²) in [5.41, 5.74) is 1.36. The Morgan fingerprint density at radius 2 is 1.86 bits per heavy atom.